The van der Waals surface area contributed by atoms with Gasteiger partial charge in [0.2, 0.25) is 0 Å². The highest BCUT2D eigenvalue weighted by Crippen LogP contribution is 2.55. The van der Waals surface area contributed by atoms with Crippen LogP contribution >= 0.6 is 0 Å². The van der Waals surface area contributed by atoms with Gasteiger partial charge in [-0.3, -0.25) is 4.98 Å². The third-order valence-electron chi connectivity index (χ3n) is 4.69. The lowest BCUT2D eigenvalue weighted by Crippen LogP contribution is -2.60. The minimum absolute atomic E-state index is 0.395. The Morgan fingerprint density at radius 1 is 1.44 bits per heavy atom. The van der Waals surface area contributed by atoms with Crippen LogP contribution in [0.5, 0.6) is 0 Å². The zero-order valence-corrected chi connectivity index (χ0v) is 11.1. The van der Waals surface area contributed by atoms with E-state index in [1.54, 1.807) is 0 Å². The van der Waals surface area contributed by atoms with Gasteiger partial charge in [-0.2, -0.15) is 0 Å². The fourth-order valence-corrected chi connectivity index (χ4v) is 3.74. The van der Waals surface area contributed by atoms with Gasteiger partial charge >= 0.3 is 0 Å². The van der Waals surface area contributed by atoms with E-state index < -0.39 is 0 Å². The molecule has 0 radical (unpaired) electrons. The highest BCUT2D eigenvalue weighted by atomic mass is 16.5. The van der Waals surface area contributed by atoms with E-state index >= 15 is 0 Å². The van der Waals surface area contributed by atoms with Crippen LogP contribution < -0.4 is 5.32 Å². The van der Waals surface area contributed by atoms with Gasteiger partial charge in [-0.15, -0.1) is 0 Å². The Hall–Kier alpha value is -1.09. The first-order chi connectivity index (χ1) is 8.85. The number of anilines is 1. The zero-order valence-electron chi connectivity index (χ0n) is 11.1. The van der Waals surface area contributed by atoms with Crippen LogP contribution in [0.3, 0.4) is 0 Å². The number of nitrogens with zero attached hydrogens (tertiary/aromatic N) is 1. The Morgan fingerprint density at radius 3 is 2.94 bits per heavy atom. The Morgan fingerprint density at radius 2 is 2.28 bits per heavy atom. The first-order valence-corrected chi connectivity index (χ1v) is 7.13. The van der Waals surface area contributed by atoms with Crippen molar-refractivity contribution in [2.45, 2.75) is 51.2 Å². The molecule has 98 valence electrons. The standard InChI is InChI=1S/C15H22N2O/c1-2-18-14-10-13(15(14)7-3-4-8-15)17-12-6-5-9-16-11-12/h5-6,9,11,13-14,17H,2-4,7-8,10H2,1H3. The van der Waals surface area contributed by atoms with Gasteiger partial charge in [-0.1, -0.05) is 12.8 Å². The minimum Gasteiger partial charge on any atom is -0.380 e. The zero-order chi connectivity index (χ0) is 12.4. The van der Waals surface area contributed by atoms with E-state index in [1.165, 1.54) is 25.7 Å². The smallest absolute Gasteiger partial charge is 0.0670 e. The van der Waals surface area contributed by atoms with Crippen molar-refractivity contribution < 1.29 is 4.74 Å². The first-order valence-electron chi connectivity index (χ1n) is 7.13. The maximum Gasteiger partial charge on any atom is 0.0670 e. The number of pyridine rings is 1. The van der Waals surface area contributed by atoms with Crippen LogP contribution in [-0.4, -0.2) is 23.7 Å². The third kappa shape index (κ3) is 1.91. The molecule has 1 heterocycles. The van der Waals surface area contributed by atoms with E-state index in [9.17, 15) is 0 Å². The van der Waals surface area contributed by atoms with Gasteiger partial charge < -0.3 is 10.1 Å². The number of aromatic nitrogens is 1. The molecular weight excluding hydrogens is 224 g/mol. The van der Waals surface area contributed by atoms with Crippen molar-refractivity contribution in [3.8, 4) is 0 Å². The average molecular weight is 246 g/mol. The van der Waals surface area contributed by atoms with Crippen LogP contribution in [0.1, 0.15) is 39.0 Å². The Labute approximate surface area is 109 Å². The van der Waals surface area contributed by atoms with E-state index in [0.29, 0.717) is 17.6 Å². The first kappa shape index (κ1) is 12.0. The summed E-state index contributed by atoms with van der Waals surface area (Å²) in [6.45, 7) is 2.94. The summed E-state index contributed by atoms with van der Waals surface area (Å²) in [4.78, 5) is 4.17. The summed E-state index contributed by atoms with van der Waals surface area (Å²) in [5.74, 6) is 0. The molecule has 0 aromatic carbocycles. The third-order valence-corrected chi connectivity index (χ3v) is 4.69. The van der Waals surface area contributed by atoms with E-state index in [4.69, 9.17) is 4.74 Å². The van der Waals surface area contributed by atoms with Gasteiger partial charge in [0.1, 0.15) is 0 Å². The van der Waals surface area contributed by atoms with Crippen molar-refractivity contribution in [3.05, 3.63) is 24.5 Å². The molecule has 1 N–H and O–H groups in total. The molecular formula is C15H22N2O. The summed E-state index contributed by atoms with van der Waals surface area (Å²) >= 11 is 0. The molecule has 3 rings (SSSR count). The summed E-state index contributed by atoms with van der Waals surface area (Å²) in [5, 5.41) is 3.66. The molecule has 18 heavy (non-hydrogen) atoms. The monoisotopic (exact) mass is 246 g/mol. The van der Waals surface area contributed by atoms with Crippen LogP contribution in [0.15, 0.2) is 24.5 Å². The predicted molar refractivity (Wildman–Crippen MR) is 72.6 cm³/mol. The maximum atomic E-state index is 5.93. The van der Waals surface area contributed by atoms with Crippen molar-refractivity contribution in [2.24, 2.45) is 5.41 Å². The molecule has 0 amide bonds. The number of nitrogens with one attached hydrogen (secondary N) is 1. The van der Waals surface area contributed by atoms with Crippen molar-refractivity contribution in [1.82, 2.24) is 4.98 Å². The van der Waals surface area contributed by atoms with E-state index in [2.05, 4.69) is 23.3 Å². The Bertz CT molecular complexity index is 387. The lowest BCUT2D eigenvalue weighted by atomic mass is 9.60. The molecule has 0 bridgehead atoms. The molecule has 2 atom stereocenters. The fraction of sp³-hybridized carbons (Fsp3) is 0.667. The van der Waals surface area contributed by atoms with Gasteiger partial charge in [0.05, 0.1) is 11.8 Å². The molecule has 2 unspecified atom stereocenters. The average Bonchev–Trinajstić information content (AvgIpc) is 2.91. The van der Waals surface area contributed by atoms with Crippen LogP contribution in [0.25, 0.3) is 0 Å². The lowest BCUT2D eigenvalue weighted by molar-refractivity contribution is -0.114. The lowest BCUT2D eigenvalue weighted by Gasteiger charge is -2.54. The van der Waals surface area contributed by atoms with Crippen LogP contribution in [0.4, 0.5) is 5.69 Å². The van der Waals surface area contributed by atoms with Crippen LogP contribution in [0, 0.1) is 5.41 Å². The molecule has 3 nitrogen and oxygen atoms in total. The van der Waals surface area contributed by atoms with Gasteiger partial charge in [-0.25, -0.2) is 0 Å². The normalized spacial score (nSPS) is 29.2. The van der Waals surface area contributed by atoms with Crippen LogP contribution in [0.2, 0.25) is 0 Å². The van der Waals surface area contributed by atoms with Crippen molar-refractivity contribution in [1.29, 1.82) is 0 Å². The molecule has 3 heteroatoms. The number of hydrogen-bond donors (Lipinski definition) is 1. The minimum atomic E-state index is 0.395. The highest BCUT2D eigenvalue weighted by molar-refractivity contribution is 5.43. The molecule has 2 aliphatic rings. The largest absolute Gasteiger partial charge is 0.380 e. The molecule has 2 aliphatic carbocycles. The molecule has 2 saturated carbocycles. The molecule has 0 aliphatic heterocycles. The summed E-state index contributed by atoms with van der Waals surface area (Å²) in [6, 6.07) is 4.66. The van der Waals surface area contributed by atoms with E-state index in [0.717, 1.165) is 18.7 Å². The Kier molecular flexibility index (Phi) is 3.25. The molecule has 1 spiro atoms. The van der Waals surface area contributed by atoms with Gasteiger partial charge in [0.25, 0.3) is 0 Å². The van der Waals surface area contributed by atoms with Crippen LogP contribution in [-0.2, 0) is 4.74 Å². The summed E-state index contributed by atoms with van der Waals surface area (Å²) in [6.07, 6.45) is 10.7. The number of ether oxygens (including phenoxy) is 1. The molecule has 0 saturated heterocycles. The second kappa shape index (κ2) is 4.88. The SMILES string of the molecule is CCOC1CC(Nc2cccnc2)C12CCCC2. The maximum absolute atomic E-state index is 5.93. The summed E-state index contributed by atoms with van der Waals surface area (Å²) in [7, 11) is 0. The molecule has 1 aromatic heterocycles. The van der Waals surface area contributed by atoms with Gasteiger partial charge in [0.15, 0.2) is 0 Å². The number of hydrogen-bond acceptors (Lipinski definition) is 3. The highest BCUT2D eigenvalue weighted by Gasteiger charge is 2.56. The topological polar surface area (TPSA) is 34.1 Å². The summed E-state index contributed by atoms with van der Waals surface area (Å²) in [5.41, 5.74) is 1.54. The quantitative estimate of drug-likeness (QED) is 0.885. The van der Waals surface area contributed by atoms with Gasteiger partial charge in [0, 0.05) is 30.5 Å². The molecule has 2 fully saturated rings. The second-order valence-electron chi connectivity index (χ2n) is 5.56. The fourth-order valence-electron chi connectivity index (χ4n) is 3.74. The second-order valence-corrected chi connectivity index (χ2v) is 5.56. The van der Waals surface area contributed by atoms with E-state index in [1.807, 2.05) is 18.5 Å². The van der Waals surface area contributed by atoms with E-state index in [-0.39, 0.29) is 0 Å². The molecule has 1 aromatic rings. The summed E-state index contributed by atoms with van der Waals surface area (Å²) < 4.78 is 5.93. The number of rotatable bonds is 4. The Balaban J connectivity index is 1.70. The van der Waals surface area contributed by atoms with Crippen molar-refractivity contribution in [2.75, 3.05) is 11.9 Å². The predicted octanol–water partition coefficient (Wildman–Crippen LogP) is 3.23. The van der Waals surface area contributed by atoms with Crippen molar-refractivity contribution in [3.63, 3.8) is 0 Å². The van der Waals surface area contributed by atoms with Crippen molar-refractivity contribution >= 4 is 5.69 Å². The van der Waals surface area contributed by atoms with Gasteiger partial charge in [-0.05, 0) is 38.3 Å².